The van der Waals surface area contributed by atoms with Crippen molar-refractivity contribution in [1.29, 1.82) is 0 Å². The van der Waals surface area contributed by atoms with E-state index in [9.17, 15) is 9.59 Å². The van der Waals surface area contributed by atoms with E-state index in [-0.39, 0.29) is 12.0 Å². The highest BCUT2D eigenvalue weighted by Crippen LogP contribution is 2.24. The van der Waals surface area contributed by atoms with Gasteiger partial charge in [0.1, 0.15) is 6.10 Å². The molecular weight excluding hydrogens is 268 g/mol. The molecule has 0 aromatic heterocycles. The Hall–Kier alpha value is -1.06. The molecule has 0 aliphatic rings. The maximum atomic E-state index is 12.3. The molecule has 0 heterocycles. The normalized spacial score (nSPS) is 14.2. The van der Waals surface area contributed by atoms with E-state index < -0.39 is 23.0 Å². The molecule has 4 heteroatoms. The lowest BCUT2D eigenvalue weighted by Crippen LogP contribution is -2.44. The highest BCUT2D eigenvalue weighted by molar-refractivity contribution is 5.84. The van der Waals surface area contributed by atoms with Crippen molar-refractivity contribution in [2.75, 3.05) is 0 Å². The maximum absolute atomic E-state index is 12.3. The number of rotatable bonds is 6. The van der Waals surface area contributed by atoms with Gasteiger partial charge in [0.25, 0.3) is 0 Å². The van der Waals surface area contributed by atoms with Gasteiger partial charge in [0.15, 0.2) is 0 Å². The predicted octanol–water partition coefficient (Wildman–Crippen LogP) is 3.97. The highest BCUT2D eigenvalue weighted by atomic mass is 16.6. The van der Waals surface area contributed by atoms with Crippen LogP contribution in [0.3, 0.4) is 0 Å². The molecule has 0 bridgehead atoms. The van der Waals surface area contributed by atoms with Crippen molar-refractivity contribution in [1.82, 2.24) is 0 Å². The molecule has 0 aliphatic heterocycles. The van der Waals surface area contributed by atoms with Gasteiger partial charge in [-0.3, -0.25) is 4.79 Å². The van der Waals surface area contributed by atoms with E-state index in [2.05, 4.69) is 13.8 Å². The van der Waals surface area contributed by atoms with Crippen molar-refractivity contribution in [3.63, 3.8) is 0 Å². The topological polar surface area (TPSA) is 52.6 Å². The summed E-state index contributed by atoms with van der Waals surface area (Å²) in [7, 11) is 0. The predicted molar refractivity (Wildman–Crippen MR) is 83.8 cm³/mol. The van der Waals surface area contributed by atoms with Crippen LogP contribution >= 0.6 is 0 Å². The Bertz CT molecular complexity index is 361. The molecule has 4 nitrogen and oxygen atoms in total. The summed E-state index contributed by atoms with van der Waals surface area (Å²) in [6.07, 6.45) is 0.636. The standard InChI is InChI=1S/C17H32O4/c1-11(2)10-13(12(3)4)20-15(19)17(8,9)21-14(18)16(5,6)7/h11-13H,10H2,1-9H3. The van der Waals surface area contributed by atoms with Crippen molar-refractivity contribution < 1.29 is 19.1 Å². The third-order valence-electron chi connectivity index (χ3n) is 3.16. The number of ether oxygens (including phenoxy) is 2. The van der Waals surface area contributed by atoms with E-state index in [1.165, 1.54) is 0 Å². The van der Waals surface area contributed by atoms with Gasteiger partial charge in [0.2, 0.25) is 5.60 Å². The van der Waals surface area contributed by atoms with Gasteiger partial charge in [-0.2, -0.15) is 0 Å². The fourth-order valence-corrected chi connectivity index (χ4v) is 1.63. The summed E-state index contributed by atoms with van der Waals surface area (Å²) in [6, 6.07) is 0. The number of carbonyl (C=O) groups excluding carboxylic acids is 2. The first kappa shape index (κ1) is 19.9. The van der Waals surface area contributed by atoms with Gasteiger partial charge < -0.3 is 9.47 Å². The summed E-state index contributed by atoms with van der Waals surface area (Å²) in [6.45, 7) is 16.6. The first-order valence-electron chi connectivity index (χ1n) is 7.72. The first-order valence-corrected chi connectivity index (χ1v) is 7.72. The zero-order valence-electron chi connectivity index (χ0n) is 15.1. The number of hydrogen-bond acceptors (Lipinski definition) is 4. The molecule has 0 rings (SSSR count). The average molecular weight is 300 g/mol. The molecule has 0 saturated heterocycles. The molecule has 0 fully saturated rings. The molecule has 21 heavy (non-hydrogen) atoms. The fraction of sp³-hybridized carbons (Fsp3) is 0.882. The van der Waals surface area contributed by atoms with Gasteiger partial charge >= 0.3 is 11.9 Å². The Balaban J connectivity index is 4.84. The first-order chi connectivity index (χ1) is 9.27. The van der Waals surface area contributed by atoms with Gasteiger partial charge in [-0.25, -0.2) is 4.79 Å². The van der Waals surface area contributed by atoms with Gasteiger partial charge in [0, 0.05) is 0 Å². The highest BCUT2D eigenvalue weighted by Gasteiger charge is 2.38. The van der Waals surface area contributed by atoms with Crippen LogP contribution < -0.4 is 0 Å². The molecule has 1 unspecified atom stereocenters. The number of esters is 2. The van der Waals surface area contributed by atoms with Crippen molar-refractivity contribution in [3.05, 3.63) is 0 Å². The summed E-state index contributed by atoms with van der Waals surface area (Å²) in [5, 5.41) is 0. The largest absolute Gasteiger partial charge is 0.459 e. The minimum absolute atomic E-state index is 0.162. The Morgan fingerprint density at radius 1 is 0.905 bits per heavy atom. The fourth-order valence-electron chi connectivity index (χ4n) is 1.63. The van der Waals surface area contributed by atoms with Crippen LogP contribution in [0.1, 0.15) is 68.7 Å². The SMILES string of the molecule is CC(C)CC(OC(=O)C(C)(C)OC(=O)C(C)(C)C)C(C)C. The molecule has 0 saturated carbocycles. The lowest BCUT2D eigenvalue weighted by molar-refractivity contribution is -0.188. The molecule has 0 radical (unpaired) electrons. The van der Waals surface area contributed by atoms with Crippen LogP contribution in [0, 0.1) is 17.3 Å². The molecule has 0 aromatic carbocycles. The Kier molecular flexibility index (Phi) is 6.91. The third-order valence-corrected chi connectivity index (χ3v) is 3.16. The summed E-state index contributed by atoms with van der Waals surface area (Å²) < 4.78 is 10.9. The van der Waals surface area contributed by atoms with E-state index in [0.29, 0.717) is 5.92 Å². The minimum atomic E-state index is -1.27. The number of carbonyl (C=O) groups is 2. The lowest BCUT2D eigenvalue weighted by atomic mass is 9.96. The van der Waals surface area contributed by atoms with Crippen molar-refractivity contribution >= 4 is 11.9 Å². The molecule has 1 atom stereocenters. The second-order valence-corrected chi connectivity index (χ2v) is 7.97. The zero-order valence-corrected chi connectivity index (χ0v) is 15.1. The van der Waals surface area contributed by atoms with Crippen molar-refractivity contribution in [2.45, 2.75) is 80.4 Å². The van der Waals surface area contributed by atoms with E-state index in [4.69, 9.17) is 9.47 Å². The zero-order chi connectivity index (χ0) is 17.0. The van der Waals surface area contributed by atoms with Crippen molar-refractivity contribution in [3.8, 4) is 0 Å². The second kappa shape index (κ2) is 7.28. The van der Waals surface area contributed by atoms with Crippen molar-refractivity contribution in [2.24, 2.45) is 17.3 Å². The monoisotopic (exact) mass is 300 g/mol. The van der Waals surface area contributed by atoms with E-state index in [0.717, 1.165) is 6.42 Å². The van der Waals surface area contributed by atoms with Crippen LogP contribution in [0.4, 0.5) is 0 Å². The summed E-state index contributed by atoms with van der Waals surface area (Å²) in [5.41, 5.74) is -1.92. The number of hydrogen-bond donors (Lipinski definition) is 0. The van der Waals surface area contributed by atoms with Gasteiger partial charge in [0.05, 0.1) is 5.41 Å². The van der Waals surface area contributed by atoms with Crippen LogP contribution in [0.2, 0.25) is 0 Å². The molecule has 0 aliphatic carbocycles. The van der Waals surface area contributed by atoms with E-state index >= 15 is 0 Å². The Labute approximate surface area is 129 Å². The lowest BCUT2D eigenvalue weighted by Gasteiger charge is -2.30. The smallest absolute Gasteiger partial charge is 0.350 e. The molecular formula is C17H32O4. The van der Waals surface area contributed by atoms with E-state index in [1.807, 2.05) is 13.8 Å². The van der Waals surface area contributed by atoms with Gasteiger partial charge in [-0.15, -0.1) is 0 Å². The molecule has 0 amide bonds. The second-order valence-electron chi connectivity index (χ2n) is 7.97. The van der Waals surface area contributed by atoms with Crippen LogP contribution in [-0.2, 0) is 19.1 Å². The summed E-state index contributed by atoms with van der Waals surface area (Å²) in [5.74, 6) is -0.232. The Morgan fingerprint density at radius 2 is 1.38 bits per heavy atom. The van der Waals surface area contributed by atoms with Crippen LogP contribution in [-0.4, -0.2) is 23.6 Å². The summed E-state index contributed by atoms with van der Waals surface area (Å²) in [4.78, 5) is 24.3. The van der Waals surface area contributed by atoms with Gasteiger partial charge in [-0.05, 0) is 52.9 Å². The molecule has 0 aromatic rings. The Morgan fingerprint density at radius 3 is 1.71 bits per heavy atom. The average Bonchev–Trinajstić information content (AvgIpc) is 2.25. The molecule has 124 valence electrons. The summed E-state index contributed by atoms with van der Waals surface area (Å²) >= 11 is 0. The van der Waals surface area contributed by atoms with Gasteiger partial charge in [-0.1, -0.05) is 27.7 Å². The quantitative estimate of drug-likeness (QED) is 0.696. The molecule has 0 spiro atoms. The van der Waals surface area contributed by atoms with Crippen LogP contribution in [0.5, 0.6) is 0 Å². The van der Waals surface area contributed by atoms with Crippen LogP contribution in [0.25, 0.3) is 0 Å². The van der Waals surface area contributed by atoms with Crippen LogP contribution in [0.15, 0.2) is 0 Å². The minimum Gasteiger partial charge on any atom is -0.459 e. The maximum Gasteiger partial charge on any atom is 0.350 e. The third kappa shape index (κ3) is 6.96. The van der Waals surface area contributed by atoms with E-state index in [1.54, 1.807) is 34.6 Å². The molecule has 0 N–H and O–H groups in total.